The van der Waals surface area contributed by atoms with Crippen LogP contribution in [0.25, 0.3) is 0 Å². The second-order valence-electron chi connectivity index (χ2n) is 5.92. The highest BCUT2D eigenvalue weighted by atomic mass is 35.5. The Labute approximate surface area is 153 Å². The third-order valence-electron chi connectivity index (χ3n) is 4.10. The lowest BCUT2D eigenvalue weighted by Gasteiger charge is -2.31. The molecule has 0 bridgehead atoms. The number of benzene rings is 1. The summed E-state index contributed by atoms with van der Waals surface area (Å²) in [6, 6.07) is 4.36. The van der Waals surface area contributed by atoms with Gasteiger partial charge in [-0.25, -0.2) is 8.42 Å². The predicted octanol–water partition coefficient (Wildman–Crippen LogP) is 3.31. The number of sulfonamides is 1. The summed E-state index contributed by atoms with van der Waals surface area (Å²) >= 11 is 11.9. The summed E-state index contributed by atoms with van der Waals surface area (Å²) in [5.74, 6) is -0.413. The number of carbonyl (C=O) groups is 1. The smallest absolute Gasteiger partial charge is 0.244 e. The van der Waals surface area contributed by atoms with Gasteiger partial charge in [-0.15, -0.1) is 0 Å². The third kappa shape index (κ3) is 4.63. The molecule has 8 heteroatoms. The molecular formula is C16H22Cl2N2O3S. The van der Waals surface area contributed by atoms with Gasteiger partial charge in [-0.3, -0.25) is 4.79 Å². The molecule has 1 saturated heterocycles. The Kier molecular flexibility index (Phi) is 6.92. The standard InChI is InChI=1S/C16H22Cl2N2O3S/c1-2-3-8-19-16(21)12-5-4-9-20(11-12)24(22,23)15-10-13(17)6-7-14(15)18/h6-7,10,12H,2-5,8-9,11H2,1H3,(H,19,21)/t12-/m0/s1. The van der Waals surface area contributed by atoms with Gasteiger partial charge in [0.1, 0.15) is 4.90 Å². The molecule has 2 rings (SSSR count). The van der Waals surface area contributed by atoms with Crippen molar-refractivity contribution in [3.63, 3.8) is 0 Å². The maximum atomic E-state index is 12.8. The molecule has 1 amide bonds. The topological polar surface area (TPSA) is 66.5 Å². The zero-order valence-electron chi connectivity index (χ0n) is 13.6. The zero-order valence-corrected chi connectivity index (χ0v) is 15.9. The van der Waals surface area contributed by atoms with Crippen LogP contribution >= 0.6 is 23.2 Å². The molecule has 1 aliphatic heterocycles. The number of nitrogens with one attached hydrogen (secondary N) is 1. The Morgan fingerprint density at radius 1 is 1.38 bits per heavy atom. The number of rotatable bonds is 6. The van der Waals surface area contributed by atoms with Gasteiger partial charge in [0, 0.05) is 24.7 Å². The maximum Gasteiger partial charge on any atom is 0.244 e. The van der Waals surface area contributed by atoms with E-state index in [1.54, 1.807) is 6.07 Å². The van der Waals surface area contributed by atoms with E-state index in [-0.39, 0.29) is 28.3 Å². The molecule has 0 aliphatic carbocycles. The molecule has 1 atom stereocenters. The first-order valence-corrected chi connectivity index (χ1v) is 10.3. The summed E-state index contributed by atoms with van der Waals surface area (Å²) in [5.41, 5.74) is 0. The van der Waals surface area contributed by atoms with Gasteiger partial charge in [-0.1, -0.05) is 36.5 Å². The van der Waals surface area contributed by atoms with Crippen LogP contribution in [0.4, 0.5) is 0 Å². The second kappa shape index (κ2) is 8.52. The van der Waals surface area contributed by atoms with E-state index in [2.05, 4.69) is 12.2 Å². The zero-order chi connectivity index (χ0) is 17.7. The average molecular weight is 393 g/mol. The predicted molar refractivity (Wildman–Crippen MR) is 95.9 cm³/mol. The molecule has 1 aromatic carbocycles. The van der Waals surface area contributed by atoms with Crippen molar-refractivity contribution in [3.05, 3.63) is 28.2 Å². The molecule has 5 nitrogen and oxygen atoms in total. The van der Waals surface area contributed by atoms with Gasteiger partial charge >= 0.3 is 0 Å². The second-order valence-corrected chi connectivity index (χ2v) is 8.67. The molecule has 0 radical (unpaired) electrons. The van der Waals surface area contributed by atoms with E-state index in [1.165, 1.54) is 16.4 Å². The quantitative estimate of drug-likeness (QED) is 0.755. The van der Waals surface area contributed by atoms with Gasteiger partial charge in [-0.2, -0.15) is 4.31 Å². The van der Waals surface area contributed by atoms with E-state index in [4.69, 9.17) is 23.2 Å². The monoisotopic (exact) mass is 392 g/mol. The largest absolute Gasteiger partial charge is 0.356 e. The van der Waals surface area contributed by atoms with E-state index in [1.807, 2.05) is 0 Å². The Balaban J connectivity index is 2.13. The molecular weight excluding hydrogens is 371 g/mol. The van der Waals surface area contributed by atoms with Crippen molar-refractivity contribution in [2.75, 3.05) is 19.6 Å². The number of halogens is 2. The fourth-order valence-corrected chi connectivity index (χ4v) is 4.98. The Bertz CT molecular complexity index is 695. The van der Waals surface area contributed by atoms with Crippen LogP contribution in [0.3, 0.4) is 0 Å². The molecule has 1 aliphatic rings. The number of unbranched alkanes of at least 4 members (excludes halogenated alkanes) is 1. The molecule has 0 unspecified atom stereocenters. The number of hydrogen-bond acceptors (Lipinski definition) is 3. The molecule has 0 aromatic heterocycles. The Hall–Kier alpha value is -0.820. The first-order valence-electron chi connectivity index (χ1n) is 8.09. The normalized spacial score (nSPS) is 19.2. The summed E-state index contributed by atoms with van der Waals surface area (Å²) < 4.78 is 27.0. The van der Waals surface area contributed by atoms with Crippen LogP contribution in [-0.4, -0.2) is 38.3 Å². The minimum atomic E-state index is -3.77. The fourth-order valence-electron chi connectivity index (χ4n) is 2.72. The molecule has 0 saturated carbocycles. The van der Waals surface area contributed by atoms with Crippen LogP contribution in [0.2, 0.25) is 10.0 Å². The van der Waals surface area contributed by atoms with Gasteiger partial charge in [0.25, 0.3) is 0 Å². The van der Waals surface area contributed by atoms with E-state index in [0.717, 1.165) is 12.8 Å². The van der Waals surface area contributed by atoms with Crippen molar-refractivity contribution < 1.29 is 13.2 Å². The lowest BCUT2D eigenvalue weighted by molar-refractivity contribution is -0.126. The first kappa shape index (κ1) is 19.5. The van der Waals surface area contributed by atoms with Gasteiger partial charge in [0.2, 0.25) is 15.9 Å². The summed E-state index contributed by atoms with van der Waals surface area (Å²) in [6.07, 6.45) is 3.24. The summed E-state index contributed by atoms with van der Waals surface area (Å²) in [5, 5.41) is 3.32. The molecule has 1 N–H and O–H groups in total. The van der Waals surface area contributed by atoms with Crippen molar-refractivity contribution in [3.8, 4) is 0 Å². The summed E-state index contributed by atoms with van der Waals surface area (Å²) in [6.45, 7) is 3.22. The lowest BCUT2D eigenvalue weighted by atomic mass is 9.99. The van der Waals surface area contributed by atoms with Crippen LogP contribution in [0.5, 0.6) is 0 Å². The highest BCUT2D eigenvalue weighted by Crippen LogP contribution is 2.30. The first-order chi connectivity index (χ1) is 11.4. The minimum absolute atomic E-state index is 0.0105. The number of nitrogens with zero attached hydrogens (tertiary/aromatic N) is 1. The van der Waals surface area contributed by atoms with Crippen LogP contribution in [0.1, 0.15) is 32.6 Å². The highest BCUT2D eigenvalue weighted by molar-refractivity contribution is 7.89. The van der Waals surface area contributed by atoms with Crippen LogP contribution in [-0.2, 0) is 14.8 Å². The highest BCUT2D eigenvalue weighted by Gasteiger charge is 2.34. The van der Waals surface area contributed by atoms with E-state index < -0.39 is 10.0 Å². The molecule has 0 spiro atoms. The summed E-state index contributed by atoms with van der Waals surface area (Å²) in [7, 11) is -3.77. The lowest BCUT2D eigenvalue weighted by Crippen LogP contribution is -2.45. The number of carbonyl (C=O) groups excluding carboxylic acids is 1. The summed E-state index contributed by atoms with van der Waals surface area (Å²) in [4.78, 5) is 12.2. The van der Waals surface area contributed by atoms with Crippen molar-refractivity contribution in [1.82, 2.24) is 9.62 Å². The maximum absolute atomic E-state index is 12.8. The van der Waals surface area contributed by atoms with Gasteiger partial charge < -0.3 is 5.32 Å². The third-order valence-corrected chi connectivity index (χ3v) is 6.68. The van der Waals surface area contributed by atoms with Crippen LogP contribution < -0.4 is 5.32 Å². The SMILES string of the molecule is CCCCNC(=O)[C@H]1CCCN(S(=O)(=O)c2cc(Cl)ccc2Cl)C1. The van der Waals surface area contributed by atoms with Gasteiger partial charge in [-0.05, 0) is 37.5 Å². The molecule has 1 aromatic rings. The van der Waals surface area contributed by atoms with Crippen molar-refractivity contribution in [2.45, 2.75) is 37.5 Å². The molecule has 134 valence electrons. The Morgan fingerprint density at radius 3 is 2.83 bits per heavy atom. The number of piperidine rings is 1. The molecule has 1 fully saturated rings. The van der Waals surface area contributed by atoms with Crippen molar-refractivity contribution in [2.24, 2.45) is 5.92 Å². The molecule has 1 heterocycles. The van der Waals surface area contributed by atoms with E-state index >= 15 is 0 Å². The fraction of sp³-hybridized carbons (Fsp3) is 0.562. The van der Waals surface area contributed by atoms with Crippen LogP contribution in [0, 0.1) is 5.92 Å². The van der Waals surface area contributed by atoms with Crippen LogP contribution in [0.15, 0.2) is 23.1 Å². The van der Waals surface area contributed by atoms with E-state index in [9.17, 15) is 13.2 Å². The van der Waals surface area contributed by atoms with E-state index in [0.29, 0.717) is 31.0 Å². The van der Waals surface area contributed by atoms with Gasteiger partial charge in [0.15, 0.2) is 0 Å². The minimum Gasteiger partial charge on any atom is -0.356 e. The Morgan fingerprint density at radius 2 is 2.12 bits per heavy atom. The molecule has 24 heavy (non-hydrogen) atoms. The van der Waals surface area contributed by atoms with Crippen molar-refractivity contribution in [1.29, 1.82) is 0 Å². The van der Waals surface area contributed by atoms with Gasteiger partial charge in [0.05, 0.1) is 10.9 Å². The number of hydrogen-bond donors (Lipinski definition) is 1. The van der Waals surface area contributed by atoms with Crippen molar-refractivity contribution >= 4 is 39.1 Å². The average Bonchev–Trinajstić information content (AvgIpc) is 2.57. The number of amides is 1.